The molecular formula is C19H18Cl2F3N3O2. The Morgan fingerprint density at radius 3 is 2.48 bits per heavy atom. The van der Waals surface area contributed by atoms with Crippen molar-refractivity contribution in [3.63, 3.8) is 0 Å². The number of hydrogen-bond donors (Lipinski definition) is 2. The minimum atomic E-state index is -1.69. The fourth-order valence-corrected chi connectivity index (χ4v) is 2.79. The van der Waals surface area contributed by atoms with Crippen LogP contribution in [0.5, 0.6) is 0 Å². The van der Waals surface area contributed by atoms with Crippen LogP contribution in [0.25, 0.3) is 0 Å². The Labute approximate surface area is 175 Å². The van der Waals surface area contributed by atoms with Gasteiger partial charge in [-0.25, -0.2) is 13.2 Å². The van der Waals surface area contributed by atoms with E-state index >= 15 is 0 Å². The first-order chi connectivity index (χ1) is 13.6. The van der Waals surface area contributed by atoms with E-state index in [9.17, 15) is 22.8 Å². The van der Waals surface area contributed by atoms with E-state index in [4.69, 9.17) is 23.2 Å². The Kier molecular flexibility index (Phi) is 7.89. The van der Waals surface area contributed by atoms with E-state index in [0.717, 1.165) is 11.6 Å². The molecule has 156 valence electrons. The van der Waals surface area contributed by atoms with Gasteiger partial charge in [-0.2, -0.15) is 0 Å². The number of likely N-dealkylation sites (N-methyl/N-ethyl adjacent to an activating group) is 1. The molecule has 0 radical (unpaired) electrons. The molecule has 10 heteroatoms. The molecule has 0 aliphatic carbocycles. The Hall–Kier alpha value is -2.29. The van der Waals surface area contributed by atoms with Crippen LogP contribution in [0.3, 0.4) is 0 Å². The maximum absolute atomic E-state index is 13.6. The zero-order valence-electron chi connectivity index (χ0n) is 15.5. The van der Waals surface area contributed by atoms with Crippen molar-refractivity contribution < 1.29 is 22.8 Å². The molecule has 2 rings (SSSR count). The molecule has 2 amide bonds. The molecule has 0 fully saturated rings. The molecule has 2 N–H and O–H groups in total. The van der Waals surface area contributed by atoms with Crippen molar-refractivity contribution in [3.8, 4) is 0 Å². The van der Waals surface area contributed by atoms with Crippen LogP contribution in [0.15, 0.2) is 30.3 Å². The van der Waals surface area contributed by atoms with Gasteiger partial charge in [-0.15, -0.1) is 0 Å². The summed E-state index contributed by atoms with van der Waals surface area (Å²) in [5, 5.41) is 5.26. The Morgan fingerprint density at radius 1 is 1.10 bits per heavy atom. The number of nitrogens with one attached hydrogen (secondary N) is 2. The molecule has 0 heterocycles. The number of nitrogens with zero attached hydrogens (tertiary/aromatic N) is 1. The molecule has 0 aliphatic heterocycles. The third-order valence-electron chi connectivity index (χ3n) is 4.22. The first kappa shape index (κ1) is 23.0. The predicted octanol–water partition coefficient (Wildman–Crippen LogP) is 3.99. The standard InChI is InChI=1S/C19H18Cl2F3N3O2/c1-10(27(2)9-11-4-3-5-12(20)16(11)21)19(29)25-8-15(28)26-14-7-6-13(22)17(23)18(14)24/h3-7,10H,8-9H2,1-2H3,(H,25,29)(H,26,28). The average molecular weight is 448 g/mol. The quantitative estimate of drug-likeness (QED) is 0.630. The number of rotatable bonds is 7. The van der Waals surface area contributed by atoms with E-state index in [1.807, 2.05) is 0 Å². The number of hydrogen-bond acceptors (Lipinski definition) is 3. The van der Waals surface area contributed by atoms with Crippen LogP contribution in [0, 0.1) is 17.5 Å². The highest BCUT2D eigenvalue weighted by molar-refractivity contribution is 6.42. The van der Waals surface area contributed by atoms with Crippen LogP contribution in [0.2, 0.25) is 10.0 Å². The fourth-order valence-electron chi connectivity index (χ4n) is 2.41. The summed E-state index contributed by atoms with van der Waals surface area (Å²) in [4.78, 5) is 25.8. The Bertz CT molecular complexity index is 928. The van der Waals surface area contributed by atoms with Gasteiger partial charge in [0.25, 0.3) is 0 Å². The number of halogens is 5. The van der Waals surface area contributed by atoms with E-state index in [0.29, 0.717) is 22.7 Å². The summed E-state index contributed by atoms with van der Waals surface area (Å²) < 4.78 is 39.7. The first-order valence-corrected chi connectivity index (χ1v) is 9.21. The maximum atomic E-state index is 13.6. The van der Waals surface area contributed by atoms with Crippen LogP contribution in [-0.2, 0) is 16.1 Å². The highest BCUT2D eigenvalue weighted by atomic mass is 35.5. The summed E-state index contributed by atoms with van der Waals surface area (Å²) in [5.74, 6) is -5.84. The van der Waals surface area contributed by atoms with Gasteiger partial charge in [0, 0.05) is 6.54 Å². The lowest BCUT2D eigenvalue weighted by Gasteiger charge is -2.24. The second-order valence-electron chi connectivity index (χ2n) is 6.29. The molecule has 1 unspecified atom stereocenters. The van der Waals surface area contributed by atoms with E-state index in [1.165, 1.54) is 0 Å². The fraction of sp³-hybridized carbons (Fsp3) is 0.263. The Balaban J connectivity index is 1.90. The topological polar surface area (TPSA) is 61.4 Å². The maximum Gasteiger partial charge on any atom is 0.243 e. The van der Waals surface area contributed by atoms with Crippen LogP contribution in [0.1, 0.15) is 12.5 Å². The lowest BCUT2D eigenvalue weighted by atomic mass is 10.2. The van der Waals surface area contributed by atoms with E-state index in [-0.39, 0.29) is 0 Å². The van der Waals surface area contributed by atoms with Gasteiger partial charge < -0.3 is 10.6 Å². The van der Waals surface area contributed by atoms with Gasteiger partial charge in [-0.1, -0.05) is 35.3 Å². The van der Waals surface area contributed by atoms with E-state index < -0.39 is 47.5 Å². The van der Waals surface area contributed by atoms with Crippen LogP contribution < -0.4 is 10.6 Å². The van der Waals surface area contributed by atoms with Gasteiger partial charge >= 0.3 is 0 Å². The summed E-state index contributed by atoms with van der Waals surface area (Å²) in [5.41, 5.74) is 0.205. The highest BCUT2D eigenvalue weighted by Gasteiger charge is 2.21. The van der Waals surface area contributed by atoms with E-state index in [2.05, 4.69) is 10.6 Å². The smallest absolute Gasteiger partial charge is 0.243 e. The summed E-state index contributed by atoms with van der Waals surface area (Å²) in [6.45, 7) is 1.48. The molecule has 0 saturated heterocycles. The summed E-state index contributed by atoms with van der Waals surface area (Å²) in [7, 11) is 1.69. The number of carbonyl (C=O) groups excluding carboxylic acids is 2. The second-order valence-corrected chi connectivity index (χ2v) is 7.08. The minimum absolute atomic E-state index is 0.334. The van der Waals surface area contributed by atoms with E-state index in [1.54, 1.807) is 37.1 Å². The van der Waals surface area contributed by atoms with Crippen LogP contribution in [0.4, 0.5) is 18.9 Å². The molecule has 0 aromatic heterocycles. The second kappa shape index (κ2) is 9.96. The van der Waals surface area contributed by atoms with Gasteiger partial charge in [-0.05, 0) is 37.7 Å². The normalized spacial score (nSPS) is 12.0. The SMILES string of the molecule is CC(C(=O)NCC(=O)Nc1ccc(F)c(F)c1F)N(C)Cc1cccc(Cl)c1Cl. The molecule has 29 heavy (non-hydrogen) atoms. The molecule has 5 nitrogen and oxygen atoms in total. The molecular weight excluding hydrogens is 430 g/mol. The third kappa shape index (κ3) is 5.85. The monoisotopic (exact) mass is 447 g/mol. The van der Waals surface area contributed by atoms with Gasteiger partial charge in [0.05, 0.1) is 28.3 Å². The van der Waals surface area contributed by atoms with Crippen LogP contribution >= 0.6 is 23.2 Å². The largest absolute Gasteiger partial charge is 0.346 e. The molecule has 0 bridgehead atoms. The summed E-state index contributed by atoms with van der Waals surface area (Å²) in [6, 6.07) is 6.11. The van der Waals surface area contributed by atoms with Gasteiger partial charge in [-0.3, -0.25) is 14.5 Å². The predicted molar refractivity (Wildman–Crippen MR) is 105 cm³/mol. The number of amides is 2. The Morgan fingerprint density at radius 2 is 1.79 bits per heavy atom. The number of benzene rings is 2. The van der Waals surface area contributed by atoms with Gasteiger partial charge in [0.15, 0.2) is 17.5 Å². The zero-order chi connectivity index (χ0) is 21.7. The average Bonchev–Trinajstić information content (AvgIpc) is 2.69. The molecule has 2 aromatic carbocycles. The van der Waals surface area contributed by atoms with Crippen molar-refractivity contribution in [1.29, 1.82) is 0 Å². The van der Waals surface area contributed by atoms with Gasteiger partial charge in [0.1, 0.15) is 0 Å². The van der Waals surface area contributed by atoms with Gasteiger partial charge in [0.2, 0.25) is 11.8 Å². The molecule has 0 saturated carbocycles. The first-order valence-electron chi connectivity index (χ1n) is 8.46. The molecule has 0 spiro atoms. The van der Waals surface area contributed by atoms with Crippen molar-refractivity contribution >= 4 is 40.7 Å². The van der Waals surface area contributed by atoms with Crippen LogP contribution in [-0.4, -0.2) is 36.3 Å². The number of anilines is 1. The van der Waals surface area contributed by atoms with Crippen molar-refractivity contribution in [2.75, 3.05) is 18.9 Å². The number of carbonyl (C=O) groups is 2. The zero-order valence-corrected chi connectivity index (χ0v) is 17.0. The van der Waals surface area contributed by atoms with Crippen molar-refractivity contribution in [3.05, 3.63) is 63.4 Å². The minimum Gasteiger partial charge on any atom is -0.346 e. The van der Waals surface area contributed by atoms with Crippen molar-refractivity contribution in [1.82, 2.24) is 10.2 Å². The van der Waals surface area contributed by atoms with Crippen molar-refractivity contribution in [2.24, 2.45) is 0 Å². The molecule has 0 aliphatic rings. The summed E-state index contributed by atoms with van der Waals surface area (Å²) >= 11 is 12.1. The lowest BCUT2D eigenvalue weighted by molar-refractivity contribution is -0.127. The summed E-state index contributed by atoms with van der Waals surface area (Å²) in [6.07, 6.45) is 0. The third-order valence-corrected chi connectivity index (χ3v) is 5.08. The molecule has 1 atom stereocenters. The lowest BCUT2D eigenvalue weighted by Crippen LogP contribution is -2.45. The molecule has 2 aromatic rings. The van der Waals surface area contributed by atoms with Crippen molar-refractivity contribution in [2.45, 2.75) is 19.5 Å². The highest BCUT2D eigenvalue weighted by Crippen LogP contribution is 2.26.